The summed E-state index contributed by atoms with van der Waals surface area (Å²) in [6.45, 7) is 10.6. The van der Waals surface area contributed by atoms with Crippen LogP contribution in [0.2, 0.25) is 18.1 Å². The van der Waals surface area contributed by atoms with Gasteiger partial charge in [0.25, 0.3) is 3.79 Å². The monoisotopic (exact) mass is 629 g/mol. The molecule has 12 heteroatoms. The van der Waals surface area contributed by atoms with Crippen LogP contribution in [0.25, 0.3) is 0 Å². The van der Waals surface area contributed by atoms with Gasteiger partial charge in [0.15, 0.2) is 20.7 Å². The number of carbonyl (C=O) groups excluding carboxylic acids is 1. The molecular formula is C28H34Cl3NO7Si. The zero-order valence-electron chi connectivity index (χ0n) is 22.9. The van der Waals surface area contributed by atoms with E-state index in [1.165, 1.54) is 0 Å². The summed E-state index contributed by atoms with van der Waals surface area (Å²) in [5.74, 6) is -1.32. The number of halogens is 3. The Hall–Kier alpha value is -1.69. The van der Waals surface area contributed by atoms with Gasteiger partial charge in [0, 0.05) is 5.56 Å². The second kappa shape index (κ2) is 12.3. The van der Waals surface area contributed by atoms with Crippen LogP contribution in [0.1, 0.15) is 43.0 Å². The van der Waals surface area contributed by atoms with Crippen molar-refractivity contribution in [2.24, 2.45) is 0 Å². The third-order valence-corrected chi connectivity index (χ3v) is 12.3. The van der Waals surface area contributed by atoms with Crippen molar-refractivity contribution in [2.45, 2.75) is 79.7 Å². The number of nitrogens with one attached hydrogen (secondary N) is 1. The first kappa shape index (κ1) is 31.2. The van der Waals surface area contributed by atoms with Gasteiger partial charge in [-0.2, -0.15) is 0 Å². The van der Waals surface area contributed by atoms with Crippen LogP contribution in [-0.4, -0.2) is 61.3 Å². The first-order chi connectivity index (χ1) is 18.7. The largest absolute Gasteiger partial charge is 0.449 e. The first-order valence-electron chi connectivity index (χ1n) is 12.9. The summed E-state index contributed by atoms with van der Waals surface area (Å²) in [7, 11) is -2.50. The van der Waals surface area contributed by atoms with Crippen LogP contribution in [0, 0.1) is 5.41 Å². The number of fused-ring (bicyclic) bond motifs is 1. The van der Waals surface area contributed by atoms with Crippen molar-refractivity contribution in [3.8, 4) is 0 Å². The number of rotatable bonds is 6. The van der Waals surface area contributed by atoms with Gasteiger partial charge >= 0.3 is 5.97 Å². The fourth-order valence-corrected chi connectivity index (χ4v) is 5.58. The van der Waals surface area contributed by atoms with Crippen LogP contribution in [-0.2, 0) is 28.1 Å². The van der Waals surface area contributed by atoms with Crippen molar-refractivity contribution in [1.82, 2.24) is 0 Å². The normalized spacial score (nSPS) is 27.4. The summed E-state index contributed by atoms with van der Waals surface area (Å²) >= 11 is 17.8. The smallest absolute Gasteiger partial charge is 0.338 e. The minimum Gasteiger partial charge on any atom is -0.449 e. The zero-order valence-corrected chi connectivity index (χ0v) is 26.2. The minimum atomic E-state index is -2.50. The molecule has 2 fully saturated rings. The molecule has 40 heavy (non-hydrogen) atoms. The Balaban J connectivity index is 1.74. The number of hydrogen-bond donors (Lipinski definition) is 1. The standard InChI is InChI=1S/C28H34Cl3NO7Si/c1-27(2,3)40(4,5)39-21-20-19(16-34-24(37-20)18-14-10-7-11-15-18)35-25(38-26(32)28(29,30)31)22(21)36-23(33)17-12-8-6-9-13-17/h6-15,19-22,24-25,32H,16H2,1-5H3/t19-,20-,21-,22-,24-,25+/m1/s1. The lowest BCUT2D eigenvalue weighted by Gasteiger charge is -2.51. The Morgan fingerprint density at radius 3 is 2.10 bits per heavy atom. The lowest BCUT2D eigenvalue weighted by atomic mass is 9.97. The second-order valence-corrected chi connectivity index (χ2v) is 18.3. The molecule has 0 unspecified atom stereocenters. The van der Waals surface area contributed by atoms with Crippen molar-refractivity contribution in [3.63, 3.8) is 0 Å². The molecule has 218 valence electrons. The Morgan fingerprint density at radius 2 is 1.52 bits per heavy atom. The third-order valence-electron chi connectivity index (χ3n) is 7.34. The van der Waals surface area contributed by atoms with Gasteiger partial charge in [0.05, 0.1) is 12.2 Å². The van der Waals surface area contributed by atoms with E-state index in [4.69, 9.17) is 68.3 Å². The van der Waals surface area contributed by atoms with E-state index in [1.54, 1.807) is 30.3 Å². The highest BCUT2D eigenvalue weighted by atomic mass is 35.6. The molecule has 2 aromatic rings. The highest BCUT2D eigenvalue weighted by molar-refractivity contribution is 6.76. The summed E-state index contributed by atoms with van der Waals surface area (Å²) in [6, 6.07) is 18.0. The van der Waals surface area contributed by atoms with Gasteiger partial charge in [-0.15, -0.1) is 0 Å². The maximum Gasteiger partial charge on any atom is 0.338 e. The van der Waals surface area contributed by atoms with E-state index < -0.39 is 61.0 Å². The quantitative estimate of drug-likeness (QED) is 0.123. The second-order valence-electron chi connectivity index (χ2n) is 11.2. The molecule has 0 aromatic heterocycles. The summed E-state index contributed by atoms with van der Waals surface area (Å²) in [4.78, 5) is 13.3. The van der Waals surface area contributed by atoms with Crippen LogP contribution >= 0.6 is 34.8 Å². The molecule has 0 radical (unpaired) electrons. The van der Waals surface area contributed by atoms with E-state index in [1.807, 2.05) is 30.3 Å². The van der Waals surface area contributed by atoms with E-state index >= 15 is 0 Å². The average Bonchev–Trinajstić information content (AvgIpc) is 2.90. The van der Waals surface area contributed by atoms with Crippen LogP contribution in [0.4, 0.5) is 0 Å². The molecule has 0 aliphatic carbocycles. The fourth-order valence-electron chi connectivity index (χ4n) is 4.15. The molecule has 0 spiro atoms. The van der Waals surface area contributed by atoms with Crippen molar-refractivity contribution in [2.75, 3.05) is 6.61 Å². The number of ether oxygens (including phenoxy) is 5. The van der Waals surface area contributed by atoms with Crippen LogP contribution in [0.5, 0.6) is 0 Å². The third kappa shape index (κ3) is 7.20. The van der Waals surface area contributed by atoms with Gasteiger partial charge in [-0.1, -0.05) is 104 Å². The number of carbonyl (C=O) groups is 1. The Bertz CT molecular complexity index is 1170. The van der Waals surface area contributed by atoms with Gasteiger partial charge in [-0.05, 0) is 30.3 Å². The molecule has 2 aliphatic rings. The highest BCUT2D eigenvalue weighted by Crippen LogP contribution is 2.43. The van der Waals surface area contributed by atoms with Gasteiger partial charge in [0.1, 0.15) is 18.3 Å². The minimum absolute atomic E-state index is 0.127. The molecule has 0 bridgehead atoms. The Kier molecular flexibility index (Phi) is 9.59. The molecule has 4 rings (SSSR count). The van der Waals surface area contributed by atoms with Crippen molar-refractivity contribution >= 4 is 55.0 Å². The van der Waals surface area contributed by atoms with E-state index in [9.17, 15) is 4.79 Å². The van der Waals surface area contributed by atoms with Crippen LogP contribution in [0.3, 0.4) is 0 Å². The van der Waals surface area contributed by atoms with Crippen molar-refractivity contribution in [3.05, 3.63) is 71.8 Å². The molecule has 0 amide bonds. The fraction of sp³-hybridized carbons (Fsp3) is 0.500. The Morgan fingerprint density at radius 1 is 0.925 bits per heavy atom. The van der Waals surface area contributed by atoms with E-state index in [2.05, 4.69) is 33.9 Å². The summed E-state index contributed by atoms with van der Waals surface area (Å²) < 4.78 is 35.1. The van der Waals surface area contributed by atoms with E-state index in [0.29, 0.717) is 5.56 Å². The van der Waals surface area contributed by atoms with Gasteiger partial charge in [0.2, 0.25) is 12.2 Å². The first-order valence-corrected chi connectivity index (χ1v) is 17.0. The molecule has 6 atom stereocenters. The summed E-state index contributed by atoms with van der Waals surface area (Å²) in [5.41, 5.74) is 1.14. The van der Waals surface area contributed by atoms with Crippen molar-refractivity contribution < 1.29 is 32.9 Å². The van der Waals surface area contributed by atoms with E-state index in [-0.39, 0.29) is 11.6 Å². The lowest BCUT2D eigenvalue weighted by Crippen LogP contribution is -2.66. The molecule has 2 heterocycles. The average molecular weight is 631 g/mol. The molecule has 2 saturated heterocycles. The predicted octanol–water partition coefficient (Wildman–Crippen LogP) is 6.81. The number of esters is 1. The molecule has 1 N–H and O–H groups in total. The van der Waals surface area contributed by atoms with Gasteiger partial charge in [-0.25, -0.2) is 4.79 Å². The number of hydrogen-bond acceptors (Lipinski definition) is 8. The number of benzene rings is 2. The zero-order chi connectivity index (χ0) is 29.3. The van der Waals surface area contributed by atoms with E-state index in [0.717, 1.165) is 5.56 Å². The maximum absolute atomic E-state index is 13.3. The van der Waals surface area contributed by atoms with Gasteiger partial charge in [-0.3, -0.25) is 5.41 Å². The molecule has 0 saturated carbocycles. The molecule has 2 aromatic carbocycles. The van der Waals surface area contributed by atoms with Gasteiger partial charge < -0.3 is 28.1 Å². The molecule has 2 aliphatic heterocycles. The maximum atomic E-state index is 13.3. The molecular weight excluding hydrogens is 597 g/mol. The summed E-state index contributed by atoms with van der Waals surface area (Å²) in [6.07, 6.45) is -5.45. The summed E-state index contributed by atoms with van der Waals surface area (Å²) in [5, 5.41) is 8.01. The Labute approximate surface area is 250 Å². The SMILES string of the molecule is CC(C)(C)[Si](C)(C)O[C@H]1[C@@H](OC(=O)c2ccccc2)[C@H](OC(=N)C(Cl)(Cl)Cl)O[C@@H]2CO[C@@H](c3ccccc3)O[C@@H]12. The predicted molar refractivity (Wildman–Crippen MR) is 155 cm³/mol. The number of alkyl halides is 3. The highest BCUT2D eigenvalue weighted by Gasteiger charge is 2.56. The topological polar surface area (TPSA) is 96.3 Å². The lowest BCUT2D eigenvalue weighted by molar-refractivity contribution is -0.349. The van der Waals surface area contributed by atoms with Crippen LogP contribution in [0.15, 0.2) is 60.7 Å². The van der Waals surface area contributed by atoms with Crippen molar-refractivity contribution in [1.29, 1.82) is 5.41 Å². The van der Waals surface area contributed by atoms with Crippen LogP contribution < -0.4 is 0 Å². The molecule has 8 nitrogen and oxygen atoms in total.